The zero-order valence-corrected chi connectivity index (χ0v) is 17.7. The smallest absolute Gasteiger partial charge is 0.207 e. The number of hydrogen-bond acceptors (Lipinski definition) is 6. The fourth-order valence-electron chi connectivity index (χ4n) is 7.37. The number of nitrogens with zero attached hydrogens (tertiary/aromatic N) is 1. The molecule has 3 heterocycles. The summed E-state index contributed by atoms with van der Waals surface area (Å²) in [6.07, 6.45) is 3.64. The minimum absolute atomic E-state index is 0.0741. The summed E-state index contributed by atoms with van der Waals surface area (Å²) in [5.41, 5.74) is 1.01. The molecule has 2 saturated heterocycles. The van der Waals surface area contributed by atoms with Gasteiger partial charge in [0, 0.05) is 18.0 Å². The van der Waals surface area contributed by atoms with Crippen LogP contribution in [0.2, 0.25) is 0 Å². The lowest BCUT2D eigenvalue weighted by atomic mass is 9.48. The number of aliphatic hydroxyl groups is 1. The summed E-state index contributed by atoms with van der Waals surface area (Å²) >= 11 is 0. The minimum Gasteiger partial charge on any atom is -0.493 e. The maximum Gasteiger partial charge on any atom is 0.207 e. The summed E-state index contributed by atoms with van der Waals surface area (Å²) in [4.78, 5) is 2.33. The van der Waals surface area contributed by atoms with Crippen molar-refractivity contribution < 1.29 is 24.1 Å². The number of ether oxygens (including phenoxy) is 4. The Balaban J connectivity index is 1.61. The summed E-state index contributed by atoms with van der Waals surface area (Å²) in [5, 5.41) is 12.3. The first-order valence-corrected chi connectivity index (χ1v) is 11.0. The molecular weight excluding hydrogens is 370 g/mol. The average Bonchev–Trinajstić information content (AvgIpc) is 3.03. The maximum atomic E-state index is 12.3. The zero-order valence-electron chi connectivity index (χ0n) is 17.7. The third-order valence-electron chi connectivity index (χ3n) is 8.40. The van der Waals surface area contributed by atoms with E-state index in [4.69, 9.17) is 18.9 Å². The topological polar surface area (TPSA) is 60.4 Å². The molecule has 0 aromatic heterocycles. The Labute approximate surface area is 172 Å². The molecule has 3 aliphatic heterocycles. The molecule has 2 bridgehead atoms. The predicted molar refractivity (Wildman–Crippen MR) is 106 cm³/mol. The van der Waals surface area contributed by atoms with Crippen molar-refractivity contribution in [3.8, 4) is 11.5 Å². The van der Waals surface area contributed by atoms with Gasteiger partial charge in [-0.2, -0.15) is 0 Å². The fraction of sp³-hybridized carbons (Fsp3) is 0.739. The highest BCUT2D eigenvalue weighted by atomic mass is 16.7. The van der Waals surface area contributed by atoms with E-state index in [0.717, 1.165) is 42.9 Å². The molecule has 29 heavy (non-hydrogen) atoms. The number of methoxy groups -OCH3 is 1. The molecule has 1 aromatic rings. The normalized spacial score (nSPS) is 47.6. The molecule has 6 rings (SSSR count). The van der Waals surface area contributed by atoms with Crippen molar-refractivity contribution in [1.82, 2.24) is 4.90 Å². The summed E-state index contributed by atoms with van der Waals surface area (Å²) in [6.45, 7) is 5.15. The van der Waals surface area contributed by atoms with Gasteiger partial charge < -0.3 is 29.0 Å². The van der Waals surface area contributed by atoms with Gasteiger partial charge in [0.1, 0.15) is 0 Å². The van der Waals surface area contributed by atoms with Gasteiger partial charge in [0.05, 0.1) is 30.3 Å². The molecule has 2 spiro atoms. The minimum atomic E-state index is -0.864. The van der Waals surface area contributed by atoms with Crippen LogP contribution in [-0.2, 0) is 21.3 Å². The van der Waals surface area contributed by atoms with Crippen molar-refractivity contribution in [2.75, 3.05) is 20.7 Å². The number of likely N-dealkylation sites (tertiary alicyclic amines) is 1. The molecule has 6 nitrogen and oxygen atoms in total. The van der Waals surface area contributed by atoms with Crippen molar-refractivity contribution in [2.24, 2.45) is 0 Å². The van der Waals surface area contributed by atoms with E-state index in [9.17, 15) is 5.11 Å². The highest BCUT2D eigenvalue weighted by molar-refractivity contribution is 5.63. The molecule has 2 aliphatic carbocycles. The van der Waals surface area contributed by atoms with Gasteiger partial charge in [-0.25, -0.2) is 0 Å². The van der Waals surface area contributed by atoms with Crippen molar-refractivity contribution in [1.29, 1.82) is 0 Å². The first kappa shape index (κ1) is 18.4. The number of hydrogen-bond donors (Lipinski definition) is 1. The molecule has 1 aromatic carbocycles. The molecule has 1 unspecified atom stereocenters. The lowest BCUT2D eigenvalue weighted by molar-refractivity contribution is -0.378. The quantitative estimate of drug-likeness (QED) is 0.780. The van der Waals surface area contributed by atoms with Gasteiger partial charge in [-0.1, -0.05) is 6.07 Å². The van der Waals surface area contributed by atoms with Gasteiger partial charge in [0.15, 0.2) is 17.6 Å². The van der Waals surface area contributed by atoms with Crippen LogP contribution in [0.25, 0.3) is 0 Å². The SMILES string of the molecule is COc1ccc2c3c1O[C@H]1C4(CCC5(O)[C@@H](C2)N(C)CC[C@]315)O[C@H](C)C[C@@H](C)O4. The number of fused-ring (bicyclic) bond motifs is 1. The predicted octanol–water partition coefficient (Wildman–Crippen LogP) is 2.39. The number of benzene rings is 1. The van der Waals surface area contributed by atoms with E-state index in [1.54, 1.807) is 7.11 Å². The average molecular weight is 402 g/mol. The number of piperidine rings is 1. The third kappa shape index (κ3) is 2.02. The Morgan fingerprint density at radius 1 is 1.14 bits per heavy atom. The van der Waals surface area contributed by atoms with E-state index in [-0.39, 0.29) is 24.4 Å². The van der Waals surface area contributed by atoms with Crippen LogP contribution >= 0.6 is 0 Å². The van der Waals surface area contributed by atoms with E-state index in [1.807, 2.05) is 6.07 Å². The second kappa shape index (κ2) is 5.67. The number of rotatable bonds is 1. The fourth-order valence-corrected chi connectivity index (χ4v) is 7.37. The second-order valence-corrected chi connectivity index (χ2v) is 9.88. The number of likely N-dealkylation sites (N-methyl/N-ethyl adjacent to an activating group) is 1. The highest BCUT2D eigenvalue weighted by Crippen LogP contribution is 2.68. The van der Waals surface area contributed by atoms with Crippen molar-refractivity contribution in [3.05, 3.63) is 23.3 Å². The molecule has 6 heteroatoms. The Bertz CT molecular complexity index is 863. The first-order valence-electron chi connectivity index (χ1n) is 11.0. The molecular formula is C23H31NO5. The van der Waals surface area contributed by atoms with Crippen molar-refractivity contribution in [3.63, 3.8) is 0 Å². The summed E-state index contributed by atoms with van der Waals surface area (Å²) in [7, 11) is 3.82. The molecule has 3 fully saturated rings. The van der Waals surface area contributed by atoms with Gasteiger partial charge in [0.2, 0.25) is 5.79 Å². The van der Waals surface area contributed by atoms with E-state index >= 15 is 0 Å². The highest BCUT2D eigenvalue weighted by Gasteiger charge is 2.77. The van der Waals surface area contributed by atoms with Crippen molar-refractivity contribution >= 4 is 0 Å². The lowest BCUT2D eigenvalue weighted by Gasteiger charge is -2.66. The zero-order chi connectivity index (χ0) is 20.2. The molecule has 6 atom stereocenters. The Morgan fingerprint density at radius 2 is 1.90 bits per heavy atom. The Hall–Kier alpha value is -1.34. The third-order valence-corrected chi connectivity index (χ3v) is 8.40. The second-order valence-electron chi connectivity index (χ2n) is 9.88. The molecule has 5 aliphatic rings. The van der Waals surface area contributed by atoms with Crippen LogP contribution in [0, 0.1) is 0 Å². The van der Waals surface area contributed by atoms with Gasteiger partial charge >= 0.3 is 0 Å². The molecule has 1 N–H and O–H groups in total. The van der Waals surface area contributed by atoms with Gasteiger partial charge in [-0.3, -0.25) is 0 Å². The molecule has 158 valence electrons. The maximum absolute atomic E-state index is 12.3. The first-order chi connectivity index (χ1) is 13.8. The monoisotopic (exact) mass is 401 g/mol. The van der Waals surface area contributed by atoms with Gasteiger partial charge in [0.25, 0.3) is 0 Å². The lowest BCUT2D eigenvalue weighted by Crippen LogP contribution is -2.80. The van der Waals surface area contributed by atoms with Crippen molar-refractivity contribution in [2.45, 2.75) is 87.1 Å². The van der Waals surface area contributed by atoms with E-state index in [1.165, 1.54) is 5.56 Å². The van der Waals surface area contributed by atoms with E-state index in [0.29, 0.717) is 12.8 Å². The van der Waals surface area contributed by atoms with Gasteiger partial charge in [-0.05, 0) is 64.8 Å². The Morgan fingerprint density at radius 3 is 2.62 bits per heavy atom. The Kier molecular flexibility index (Phi) is 3.60. The standard InChI is InChI=1S/C23H31NO5/c1-13-11-14(2)29-23(28-13)8-7-22(25)17-12-15-5-6-16(26-4)19-18(15)21(22,20(23)27-19)9-10-24(17)3/h5-6,13-14,17,20,25H,7-12H2,1-4H3/t13-,14-,17-,20-,21+,22?/m1/s1. The molecule has 0 amide bonds. The van der Waals surface area contributed by atoms with E-state index < -0.39 is 16.8 Å². The van der Waals surface area contributed by atoms with Crippen LogP contribution in [0.5, 0.6) is 11.5 Å². The van der Waals surface area contributed by atoms with Crippen LogP contribution in [0.15, 0.2) is 12.1 Å². The summed E-state index contributed by atoms with van der Waals surface area (Å²) < 4.78 is 25.5. The van der Waals surface area contributed by atoms with E-state index in [2.05, 4.69) is 31.9 Å². The summed E-state index contributed by atoms with van der Waals surface area (Å²) in [5.74, 6) is 0.692. The van der Waals surface area contributed by atoms with Crippen LogP contribution in [-0.4, -0.2) is 66.5 Å². The summed E-state index contributed by atoms with van der Waals surface area (Å²) in [6, 6.07) is 4.24. The van der Waals surface area contributed by atoms with Crippen LogP contribution < -0.4 is 9.47 Å². The molecule has 1 saturated carbocycles. The largest absolute Gasteiger partial charge is 0.493 e. The van der Waals surface area contributed by atoms with Crippen LogP contribution in [0.4, 0.5) is 0 Å². The molecule has 0 radical (unpaired) electrons. The van der Waals surface area contributed by atoms with Crippen LogP contribution in [0.1, 0.15) is 50.7 Å². The van der Waals surface area contributed by atoms with Crippen LogP contribution in [0.3, 0.4) is 0 Å². The van der Waals surface area contributed by atoms with Gasteiger partial charge in [-0.15, -0.1) is 0 Å².